The van der Waals surface area contributed by atoms with E-state index in [-0.39, 0.29) is 43.9 Å². The Bertz CT molecular complexity index is 944. The van der Waals surface area contributed by atoms with Crippen molar-refractivity contribution in [3.63, 3.8) is 0 Å². The van der Waals surface area contributed by atoms with Crippen LogP contribution in [0.25, 0.3) is 0 Å². The van der Waals surface area contributed by atoms with Gasteiger partial charge in [0.2, 0.25) is 0 Å². The molecule has 0 aromatic heterocycles. The zero-order valence-corrected chi connectivity index (χ0v) is 27.6. The molecule has 2 saturated heterocycles. The highest BCUT2D eigenvalue weighted by atomic mass is 16.7. The predicted octanol–water partition coefficient (Wildman–Crippen LogP) is 6.52. The number of esters is 1. The standard InChI is InChI=1S/C36H58O8/c1-5-11-30(43-34-14-6-8-16-41-34)19-26(13-10-12-25(2)3)36-31-20-27(29(22-37)23-40-24-33(38)39-4)18-28(31)21-32(36)44-35-15-7-9-17-42-35/h5,11-12,20,26,28-32,34-37H,6-10,13-19,21-24H2,1-4H3. The van der Waals surface area contributed by atoms with Crippen molar-refractivity contribution in [2.75, 3.05) is 40.1 Å². The lowest BCUT2D eigenvalue weighted by Crippen LogP contribution is -2.37. The summed E-state index contributed by atoms with van der Waals surface area (Å²) in [5.41, 5.74) is 2.58. The van der Waals surface area contributed by atoms with Gasteiger partial charge in [-0.2, -0.15) is 0 Å². The third-order valence-corrected chi connectivity index (χ3v) is 9.87. The first-order chi connectivity index (χ1) is 21.4. The summed E-state index contributed by atoms with van der Waals surface area (Å²) in [7, 11) is 1.36. The smallest absolute Gasteiger partial charge is 0.331 e. The zero-order valence-electron chi connectivity index (χ0n) is 27.6. The molecule has 8 nitrogen and oxygen atoms in total. The number of allylic oxidation sites excluding steroid dienone is 4. The fraction of sp³-hybridized carbons (Fsp3) is 0.806. The van der Waals surface area contributed by atoms with Crippen LogP contribution in [0.1, 0.15) is 91.4 Å². The highest BCUT2D eigenvalue weighted by molar-refractivity contribution is 5.70. The van der Waals surface area contributed by atoms with Gasteiger partial charge in [-0.15, -0.1) is 0 Å². The Hall–Kier alpha value is -1.55. The second-order valence-corrected chi connectivity index (χ2v) is 13.4. The van der Waals surface area contributed by atoms with E-state index < -0.39 is 5.97 Å². The number of hydrogen-bond acceptors (Lipinski definition) is 8. The normalized spacial score (nSPS) is 30.9. The molecule has 0 bridgehead atoms. The molecule has 2 heterocycles. The van der Waals surface area contributed by atoms with E-state index in [1.807, 2.05) is 0 Å². The van der Waals surface area contributed by atoms with Crippen molar-refractivity contribution in [2.45, 2.75) is 116 Å². The van der Waals surface area contributed by atoms with Crippen LogP contribution in [0.2, 0.25) is 0 Å². The molecule has 0 spiro atoms. The van der Waals surface area contributed by atoms with Gasteiger partial charge in [0.25, 0.3) is 0 Å². The summed E-state index contributed by atoms with van der Waals surface area (Å²) in [6.07, 6.45) is 20.2. The van der Waals surface area contributed by atoms with E-state index in [4.69, 9.17) is 28.4 Å². The molecule has 0 amide bonds. The minimum absolute atomic E-state index is 0.00441. The molecule has 0 radical (unpaired) electrons. The lowest BCUT2D eigenvalue weighted by atomic mass is 9.76. The number of carbonyl (C=O) groups is 1. The average Bonchev–Trinajstić information content (AvgIpc) is 3.57. The molecule has 44 heavy (non-hydrogen) atoms. The summed E-state index contributed by atoms with van der Waals surface area (Å²) in [4.78, 5) is 11.6. The monoisotopic (exact) mass is 618 g/mol. The minimum Gasteiger partial charge on any atom is -0.467 e. The largest absolute Gasteiger partial charge is 0.467 e. The number of fused-ring (bicyclic) bond motifs is 1. The van der Waals surface area contributed by atoms with Crippen LogP contribution in [0.4, 0.5) is 0 Å². The highest BCUT2D eigenvalue weighted by Crippen LogP contribution is 2.53. The number of carbonyl (C=O) groups excluding carboxylic acids is 1. The van der Waals surface area contributed by atoms with Crippen LogP contribution < -0.4 is 0 Å². The maximum absolute atomic E-state index is 11.6. The van der Waals surface area contributed by atoms with Gasteiger partial charge in [-0.25, -0.2) is 4.79 Å². The van der Waals surface area contributed by atoms with Gasteiger partial charge in [-0.1, -0.05) is 35.5 Å². The molecule has 2 aliphatic carbocycles. The topological polar surface area (TPSA) is 92.7 Å². The van der Waals surface area contributed by atoms with Crippen molar-refractivity contribution < 1.29 is 38.3 Å². The second-order valence-electron chi connectivity index (χ2n) is 13.4. The quantitative estimate of drug-likeness (QED) is 0.146. The first-order valence-corrected chi connectivity index (χ1v) is 17.2. The van der Waals surface area contributed by atoms with Crippen molar-refractivity contribution in [2.24, 2.45) is 29.6 Å². The molecule has 0 aromatic rings. The van der Waals surface area contributed by atoms with Crippen LogP contribution in [0, 0.1) is 29.6 Å². The van der Waals surface area contributed by atoms with Crippen LogP contribution in [0.15, 0.2) is 35.5 Å². The Labute approximate surface area is 265 Å². The van der Waals surface area contributed by atoms with Crippen LogP contribution in [0.5, 0.6) is 0 Å². The van der Waals surface area contributed by atoms with E-state index in [1.54, 1.807) is 0 Å². The average molecular weight is 619 g/mol. The fourth-order valence-electron chi connectivity index (χ4n) is 7.72. The number of ether oxygens (including phenoxy) is 6. The molecule has 4 rings (SSSR count). The molecule has 9 atom stereocenters. The second kappa shape index (κ2) is 18.6. The van der Waals surface area contributed by atoms with Gasteiger partial charge < -0.3 is 33.5 Å². The van der Waals surface area contributed by atoms with E-state index in [2.05, 4.69) is 45.1 Å². The van der Waals surface area contributed by atoms with Gasteiger partial charge in [0.1, 0.15) is 6.61 Å². The van der Waals surface area contributed by atoms with Crippen LogP contribution in [-0.2, 0) is 33.2 Å². The Morgan fingerprint density at radius 2 is 1.86 bits per heavy atom. The van der Waals surface area contributed by atoms with Crippen molar-refractivity contribution in [3.8, 4) is 0 Å². The Morgan fingerprint density at radius 3 is 2.50 bits per heavy atom. The van der Waals surface area contributed by atoms with E-state index in [1.165, 1.54) is 18.3 Å². The number of methoxy groups -OCH3 is 1. The summed E-state index contributed by atoms with van der Waals surface area (Å²) >= 11 is 0. The summed E-state index contributed by atoms with van der Waals surface area (Å²) in [5, 5.41) is 10.3. The summed E-state index contributed by atoms with van der Waals surface area (Å²) in [6.45, 7) is 8.14. The van der Waals surface area contributed by atoms with Crippen LogP contribution in [0.3, 0.4) is 0 Å². The van der Waals surface area contributed by atoms with Crippen molar-refractivity contribution >= 4 is 5.97 Å². The first-order valence-electron chi connectivity index (χ1n) is 17.2. The van der Waals surface area contributed by atoms with Crippen molar-refractivity contribution in [3.05, 3.63) is 35.5 Å². The number of aliphatic hydroxyl groups excluding tert-OH is 1. The highest BCUT2D eigenvalue weighted by Gasteiger charge is 2.50. The molecule has 3 fully saturated rings. The van der Waals surface area contributed by atoms with Gasteiger partial charge in [0.05, 0.1) is 32.5 Å². The zero-order chi connectivity index (χ0) is 31.3. The molecule has 250 valence electrons. The van der Waals surface area contributed by atoms with Gasteiger partial charge in [0, 0.05) is 19.1 Å². The van der Waals surface area contributed by atoms with E-state index in [9.17, 15) is 9.90 Å². The van der Waals surface area contributed by atoms with E-state index in [0.717, 1.165) is 83.8 Å². The van der Waals surface area contributed by atoms with E-state index >= 15 is 0 Å². The van der Waals surface area contributed by atoms with Crippen molar-refractivity contribution in [1.82, 2.24) is 0 Å². The summed E-state index contributed by atoms with van der Waals surface area (Å²) < 4.78 is 35.9. The molecular formula is C36H58O8. The number of rotatable bonds is 17. The third kappa shape index (κ3) is 10.5. The first kappa shape index (κ1) is 35.3. The Balaban J connectivity index is 1.57. The predicted molar refractivity (Wildman–Crippen MR) is 170 cm³/mol. The lowest BCUT2D eigenvalue weighted by Gasteiger charge is -2.36. The van der Waals surface area contributed by atoms with Gasteiger partial charge in [-0.05, 0) is 115 Å². The molecule has 8 heteroatoms. The summed E-state index contributed by atoms with van der Waals surface area (Å²) in [5.74, 6) is 0.956. The molecule has 0 aromatic carbocycles. The van der Waals surface area contributed by atoms with Gasteiger partial charge >= 0.3 is 5.97 Å². The summed E-state index contributed by atoms with van der Waals surface area (Å²) in [6, 6.07) is 0. The van der Waals surface area contributed by atoms with E-state index in [0.29, 0.717) is 30.3 Å². The SMILES string of the molecule is CC=CC(CC(CCC=C(C)C)C1C(OC2CCCCO2)CC2CC(C(CO)COCC(=O)OC)=CC21)OC1CCCCO1. The fourth-order valence-corrected chi connectivity index (χ4v) is 7.72. The van der Waals surface area contributed by atoms with Gasteiger partial charge in [0.15, 0.2) is 12.6 Å². The Morgan fingerprint density at radius 1 is 1.11 bits per heavy atom. The number of aliphatic hydroxyl groups is 1. The minimum atomic E-state index is -0.403. The lowest BCUT2D eigenvalue weighted by molar-refractivity contribution is -0.202. The molecule has 1 N–H and O–H groups in total. The maximum Gasteiger partial charge on any atom is 0.331 e. The molecule has 2 aliphatic heterocycles. The maximum atomic E-state index is 11.6. The van der Waals surface area contributed by atoms with Crippen molar-refractivity contribution in [1.29, 1.82) is 0 Å². The molecule has 4 aliphatic rings. The van der Waals surface area contributed by atoms with Crippen LogP contribution in [-0.4, -0.2) is 76.0 Å². The molecule has 1 saturated carbocycles. The molecular weight excluding hydrogens is 560 g/mol. The van der Waals surface area contributed by atoms with Crippen LogP contribution >= 0.6 is 0 Å². The van der Waals surface area contributed by atoms with Gasteiger partial charge in [-0.3, -0.25) is 0 Å². The Kier molecular flexibility index (Phi) is 14.9. The third-order valence-electron chi connectivity index (χ3n) is 9.87. The molecule has 9 unspecified atom stereocenters. The number of hydrogen-bond donors (Lipinski definition) is 1.